The molecule has 0 saturated heterocycles. The van der Waals surface area contributed by atoms with Crippen LogP contribution in [0.5, 0.6) is 11.6 Å². The van der Waals surface area contributed by atoms with E-state index in [2.05, 4.69) is 15.0 Å². The topological polar surface area (TPSA) is 116 Å². The number of aromatic nitrogens is 4. The molecule has 4 rings (SSSR count). The fourth-order valence-electron chi connectivity index (χ4n) is 4.00. The average molecular weight is 501 g/mol. The Morgan fingerprint density at radius 1 is 1.17 bits per heavy atom. The first kappa shape index (κ1) is 24.4. The van der Waals surface area contributed by atoms with Crippen LogP contribution in [0.25, 0.3) is 22.3 Å². The van der Waals surface area contributed by atoms with Crippen molar-refractivity contribution >= 4 is 21.0 Å². The molecule has 0 bridgehead atoms. The predicted molar refractivity (Wildman–Crippen MR) is 130 cm³/mol. The Kier molecular flexibility index (Phi) is 6.62. The molecule has 184 valence electrons. The molecule has 4 aromatic rings. The van der Waals surface area contributed by atoms with Crippen LogP contribution in [-0.2, 0) is 9.84 Å². The molecule has 1 aromatic carbocycles. The van der Waals surface area contributed by atoms with Crippen molar-refractivity contribution in [3.05, 3.63) is 70.2 Å². The number of imidazole rings is 1. The van der Waals surface area contributed by atoms with E-state index in [0.717, 1.165) is 11.8 Å². The third kappa shape index (κ3) is 4.90. The largest absolute Gasteiger partial charge is 0.491 e. The summed E-state index contributed by atoms with van der Waals surface area (Å²) in [5.74, 6) is -0.160. The molecule has 0 aliphatic rings. The summed E-state index contributed by atoms with van der Waals surface area (Å²) in [6.07, 6.45) is 2.68. The van der Waals surface area contributed by atoms with Gasteiger partial charge in [0.15, 0.2) is 11.4 Å². The zero-order valence-corrected chi connectivity index (χ0v) is 20.5. The molecule has 35 heavy (non-hydrogen) atoms. The molecule has 0 radical (unpaired) electrons. The Labute approximate surface area is 201 Å². The minimum Gasteiger partial charge on any atom is -0.491 e. The minimum atomic E-state index is -3.54. The van der Waals surface area contributed by atoms with E-state index in [0.29, 0.717) is 34.7 Å². The smallest absolute Gasteiger partial charge is 0.328 e. The number of benzene rings is 1. The monoisotopic (exact) mass is 500 g/mol. The molecule has 0 fully saturated rings. The van der Waals surface area contributed by atoms with Gasteiger partial charge in [0, 0.05) is 18.0 Å². The van der Waals surface area contributed by atoms with Gasteiger partial charge in [-0.1, -0.05) is 12.1 Å². The fraction of sp³-hybridized carbons (Fsp3) is 0.292. The van der Waals surface area contributed by atoms with Crippen LogP contribution >= 0.6 is 0 Å². The summed E-state index contributed by atoms with van der Waals surface area (Å²) in [5, 5.41) is 0. The summed E-state index contributed by atoms with van der Waals surface area (Å²) in [7, 11) is -2.06. The molecule has 3 aromatic heterocycles. The van der Waals surface area contributed by atoms with Crippen molar-refractivity contribution in [1.29, 1.82) is 0 Å². The maximum Gasteiger partial charge on any atom is 0.328 e. The van der Waals surface area contributed by atoms with Crippen LogP contribution in [0.15, 0.2) is 47.4 Å². The number of ether oxygens (including phenoxy) is 2. The van der Waals surface area contributed by atoms with Gasteiger partial charge in [0.05, 0.1) is 36.7 Å². The first-order valence-corrected chi connectivity index (χ1v) is 12.9. The number of halogens is 1. The number of H-pyrrole nitrogens is 1. The second-order valence-electron chi connectivity index (χ2n) is 8.09. The summed E-state index contributed by atoms with van der Waals surface area (Å²) in [6, 6.07) is 8.20. The van der Waals surface area contributed by atoms with Crippen LogP contribution in [0.1, 0.15) is 24.2 Å². The molecule has 0 amide bonds. The van der Waals surface area contributed by atoms with Crippen molar-refractivity contribution in [2.75, 3.05) is 25.7 Å². The average Bonchev–Trinajstić information content (AvgIpc) is 3.15. The summed E-state index contributed by atoms with van der Waals surface area (Å²) in [4.78, 5) is 24.9. The van der Waals surface area contributed by atoms with Crippen LogP contribution in [0.2, 0.25) is 0 Å². The number of methoxy groups -OCH3 is 1. The van der Waals surface area contributed by atoms with Crippen molar-refractivity contribution in [3.8, 4) is 22.8 Å². The van der Waals surface area contributed by atoms with Gasteiger partial charge in [0.2, 0.25) is 0 Å². The molecule has 0 unspecified atom stereocenters. The van der Waals surface area contributed by atoms with Gasteiger partial charge in [-0.25, -0.2) is 27.6 Å². The van der Waals surface area contributed by atoms with Crippen LogP contribution in [0, 0.1) is 12.7 Å². The third-order valence-corrected chi connectivity index (χ3v) is 6.54. The Balaban J connectivity index is 1.91. The second kappa shape index (κ2) is 9.49. The highest BCUT2D eigenvalue weighted by molar-refractivity contribution is 7.90. The minimum absolute atomic E-state index is 0.196. The summed E-state index contributed by atoms with van der Waals surface area (Å²) in [5.41, 5.74) is 2.68. The second-order valence-corrected chi connectivity index (χ2v) is 10.3. The molecule has 0 aliphatic carbocycles. The molecule has 9 nitrogen and oxygen atoms in total. The van der Waals surface area contributed by atoms with Crippen molar-refractivity contribution in [3.63, 3.8) is 0 Å². The molecule has 0 aliphatic heterocycles. The van der Waals surface area contributed by atoms with E-state index in [4.69, 9.17) is 9.47 Å². The number of pyridine rings is 2. The number of aromatic amines is 1. The van der Waals surface area contributed by atoms with Gasteiger partial charge < -0.3 is 14.5 Å². The van der Waals surface area contributed by atoms with Crippen LogP contribution in [0.3, 0.4) is 0 Å². The molecule has 1 N–H and O–H groups in total. The lowest BCUT2D eigenvalue weighted by atomic mass is 10.0. The van der Waals surface area contributed by atoms with Gasteiger partial charge >= 0.3 is 5.69 Å². The molecule has 0 spiro atoms. The Bertz CT molecular complexity index is 1540. The van der Waals surface area contributed by atoms with Crippen molar-refractivity contribution in [2.45, 2.75) is 19.9 Å². The van der Waals surface area contributed by atoms with Gasteiger partial charge in [-0.05, 0) is 49.2 Å². The standard InChI is InChI=1S/C24H25FN4O5S/c1-5-34-23-20(33-3)11-10-18(27-23)19(13-35(4,31)32)29-22-21(28-24(29)30)14(2)17(12-26-22)15-6-8-16(25)9-7-15/h6-12,19H,5,13H2,1-4H3,(H,28,30)/t19-/m0/s1. The van der Waals surface area contributed by atoms with E-state index in [-0.39, 0.29) is 23.1 Å². The molecular formula is C24H25FN4O5S. The lowest BCUT2D eigenvalue weighted by Gasteiger charge is -2.19. The molecule has 0 saturated carbocycles. The number of hydrogen-bond donors (Lipinski definition) is 1. The van der Waals surface area contributed by atoms with Crippen LogP contribution in [0.4, 0.5) is 4.39 Å². The Morgan fingerprint density at radius 3 is 2.51 bits per heavy atom. The van der Waals surface area contributed by atoms with Crippen LogP contribution < -0.4 is 15.2 Å². The third-order valence-electron chi connectivity index (χ3n) is 5.61. The number of aryl methyl sites for hydroxylation is 1. The van der Waals surface area contributed by atoms with Crippen molar-refractivity contribution < 1.29 is 22.3 Å². The maximum absolute atomic E-state index is 13.4. The van der Waals surface area contributed by atoms with E-state index in [1.165, 1.54) is 23.8 Å². The zero-order valence-electron chi connectivity index (χ0n) is 19.7. The summed E-state index contributed by atoms with van der Waals surface area (Å²) in [6.45, 7) is 3.92. The summed E-state index contributed by atoms with van der Waals surface area (Å²) >= 11 is 0. The van der Waals surface area contributed by atoms with Gasteiger partial charge in [-0.3, -0.25) is 4.57 Å². The normalized spacial score (nSPS) is 12.6. The van der Waals surface area contributed by atoms with Crippen molar-refractivity contribution in [2.24, 2.45) is 0 Å². The number of hydrogen-bond acceptors (Lipinski definition) is 7. The molecular weight excluding hydrogens is 475 g/mol. The summed E-state index contributed by atoms with van der Waals surface area (Å²) < 4.78 is 50.2. The lowest BCUT2D eigenvalue weighted by molar-refractivity contribution is 0.296. The fourth-order valence-corrected chi connectivity index (χ4v) is 4.89. The first-order valence-electron chi connectivity index (χ1n) is 10.8. The van der Waals surface area contributed by atoms with Gasteiger partial charge in [-0.2, -0.15) is 0 Å². The number of nitrogens with one attached hydrogen (secondary N) is 1. The van der Waals surface area contributed by atoms with E-state index in [1.807, 2.05) is 6.92 Å². The number of nitrogens with zero attached hydrogens (tertiary/aromatic N) is 3. The van der Waals surface area contributed by atoms with E-state index < -0.39 is 21.6 Å². The number of sulfone groups is 1. The van der Waals surface area contributed by atoms with Crippen LogP contribution in [-0.4, -0.2) is 53.7 Å². The van der Waals surface area contributed by atoms with Crippen molar-refractivity contribution in [1.82, 2.24) is 19.5 Å². The predicted octanol–water partition coefficient (Wildman–Crippen LogP) is 3.28. The van der Waals surface area contributed by atoms with Gasteiger partial charge in [0.25, 0.3) is 5.88 Å². The van der Waals surface area contributed by atoms with Gasteiger partial charge in [0.1, 0.15) is 15.7 Å². The van der Waals surface area contributed by atoms with E-state index in [1.54, 1.807) is 37.4 Å². The molecule has 11 heteroatoms. The highest BCUT2D eigenvalue weighted by Gasteiger charge is 2.27. The Morgan fingerprint density at radius 2 is 1.89 bits per heavy atom. The zero-order chi connectivity index (χ0) is 25.3. The van der Waals surface area contributed by atoms with E-state index >= 15 is 0 Å². The highest BCUT2D eigenvalue weighted by Crippen LogP contribution is 2.31. The van der Waals surface area contributed by atoms with E-state index in [9.17, 15) is 17.6 Å². The molecule has 1 atom stereocenters. The molecule has 3 heterocycles. The quantitative estimate of drug-likeness (QED) is 0.395. The van der Waals surface area contributed by atoms with Gasteiger partial charge in [-0.15, -0.1) is 0 Å². The maximum atomic E-state index is 13.4. The lowest BCUT2D eigenvalue weighted by Crippen LogP contribution is -2.29. The Hall–Kier alpha value is -3.73. The first-order chi connectivity index (χ1) is 16.6. The number of rotatable bonds is 8. The SMILES string of the molecule is CCOc1nc([C@H](CS(C)(=O)=O)n2c(=O)[nH]c3c(C)c(-c4ccc(F)cc4)cnc32)ccc1OC. The number of fused-ring (bicyclic) bond motifs is 1. The highest BCUT2D eigenvalue weighted by atomic mass is 32.2.